The maximum atomic E-state index is 12.5. The first-order valence-corrected chi connectivity index (χ1v) is 7.61. The van der Waals surface area contributed by atoms with Crippen molar-refractivity contribution in [3.05, 3.63) is 29.1 Å². The molecule has 21 heavy (non-hydrogen) atoms. The van der Waals surface area contributed by atoms with Crippen molar-refractivity contribution >= 4 is 5.91 Å². The predicted octanol–water partition coefficient (Wildman–Crippen LogP) is 1.06. The number of rotatable bonds is 3. The Bertz CT molecular complexity index is 524. The van der Waals surface area contributed by atoms with Gasteiger partial charge in [0.15, 0.2) is 0 Å². The molecule has 3 rings (SSSR count). The number of ether oxygens (including phenoxy) is 1. The highest BCUT2D eigenvalue weighted by molar-refractivity contribution is 5.79. The van der Waals surface area contributed by atoms with E-state index in [2.05, 4.69) is 24.0 Å². The van der Waals surface area contributed by atoms with Crippen molar-refractivity contribution in [2.75, 3.05) is 33.9 Å². The quantitative estimate of drug-likeness (QED) is 0.835. The van der Waals surface area contributed by atoms with Gasteiger partial charge >= 0.3 is 0 Å². The maximum Gasteiger partial charge on any atom is 0.228 e. The summed E-state index contributed by atoms with van der Waals surface area (Å²) in [6, 6.07) is 0. The lowest BCUT2D eigenvalue weighted by atomic mass is 9.95. The zero-order chi connectivity index (χ0) is 14.8. The molecule has 1 amide bonds. The van der Waals surface area contributed by atoms with E-state index in [1.54, 1.807) is 0 Å². The van der Waals surface area contributed by atoms with Crippen LogP contribution < -0.4 is 0 Å². The molecule has 0 bridgehead atoms. The first-order valence-electron chi connectivity index (χ1n) is 7.61. The summed E-state index contributed by atoms with van der Waals surface area (Å²) in [4.78, 5) is 21.0. The molecule has 5 nitrogen and oxygen atoms in total. The molecule has 0 aromatic carbocycles. The molecular formula is C16H23N3O2. The van der Waals surface area contributed by atoms with Crippen LogP contribution in [0.25, 0.3) is 0 Å². The van der Waals surface area contributed by atoms with Gasteiger partial charge in [-0.3, -0.25) is 9.78 Å². The Morgan fingerprint density at radius 2 is 2.33 bits per heavy atom. The number of amides is 1. The molecule has 0 saturated carbocycles. The van der Waals surface area contributed by atoms with E-state index in [-0.39, 0.29) is 11.8 Å². The summed E-state index contributed by atoms with van der Waals surface area (Å²) in [7, 11) is 4.14. The summed E-state index contributed by atoms with van der Waals surface area (Å²) < 4.78 is 5.34. The van der Waals surface area contributed by atoms with Gasteiger partial charge in [-0.15, -0.1) is 0 Å². The molecule has 1 aromatic rings. The second-order valence-electron chi connectivity index (χ2n) is 6.24. The Morgan fingerprint density at radius 1 is 1.48 bits per heavy atom. The van der Waals surface area contributed by atoms with Crippen molar-refractivity contribution < 1.29 is 9.53 Å². The minimum Gasteiger partial charge on any atom is -0.381 e. The van der Waals surface area contributed by atoms with Crippen LogP contribution in [0.2, 0.25) is 0 Å². The summed E-state index contributed by atoms with van der Waals surface area (Å²) in [5, 5.41) is 0. The van der Waals surface area contributed by atoms with Crippen LogP contribution in [0.3, 0.4) is 0 Å². The topological polar surface area (TPSA) is 45.7 Å². The molecule has 114 valence electrons. The van der Waals surface area contributed by atoms with Crippen molar-refractivity contribution in [3.63, 3.8) is 0 Å². The predicted molar refractivity (Wildman–Crippen MR) is 79.7 cm³/mol. The summed E-state index contributed by atoms with van der Waals surface area (Å²) in [5.74, 6) is 0.306. The Kier molecular flexibility index (Phi) is 4.22. The molecule has 1 saturated heterocycles. The van der Waals surface area contributed by atoms with Crippen LogP contribution in [0.4, 0.5) is 0 Å². The van der Waals surface area contributed by atoms with E-state index in [9.17, 15) is 4.79 Å². The van der Waals surface area contributed by atoms with Crippen LogP contribution in [0.5, 0.6) is 0 Å². The van der Waals surface area contributed by atoms with Crippen molar-refractivity contribution in [2.24, 2.45) is 5.92 Å². The highest BCUT2D eigenvalue weighted by Gasteiger charge is 2.30. The molecule has 0 aliphatic carbocycles. The molecular weight excluding hydrogens is 266 g/mol. The van der Waals surface area contributed by atoms with Crippen molar-refractivity contribution in [3.8, 4) is 0 Å². The molecule has 0 unspecified atom stereocenters. The molecule has 2 aliphatic heterocycles. The van der Waals surface area contributed by atoms with Crippen LogP contribution >= 0.6 is 0 Å². The summed E-state index contributed by atoms with van der Waals surface area (Å²) >= 11 is 0. The third-order valence-corrected chi connectivity index (χ3v) is 4.31. The van der Waals surface area contributed by atoms with Gasteiger partial charge in [-0.25, -0.2) is 0 Å². The molecule has 5 heteroatoms. The number of fused-ring (bicyclic) bond motifs is 1. The fraction of sp³-hybridized carbons (Fsp3) is 0.625. The average molecular weight is 289 g/mol. The number of hydrogen-bond donors (Lipinski definition) is 0. The smallest absolute Gasteiger partial charge is 0.228 e. The summed E-state index contributed by atoms with van der Waals surface area (Å²) in [6.07, 6.45) is 5.67. The monoisotopic (exact) mass is 289 g/mol. The largest absolute Gasteiger partial charge is 0.381 e. The maximum absolute atomic E-state index is 12.5. The number of aromatic nitrogens is 1. The van der Waals surface area contributed by atoms with Crippen LogP contribution in [0.15, 0.2) is 12.4 Å². The van der Waals surface area contributed by atoms with Gasteiger partial charge in [0.25, 0.3) is 0 Å². The lowest BCUT2D eigenvalue weighted by Crippen LogP contribution is -2.40. The number of carbonyl (C=O) groups excluding carboxylic acids is 1. The van der Waals surface area contributed by atoms with Gasteiger partial charge in [-0.1, -0.05) is 0 Å². The lowest BCUT2D eigenvalue weighted by Gasteiger charge is -2.31. The normalized spacial score (nSPS) is 21.7. The van der Waals surface area contributed by atoms with Gasteiger partial charge in [0, 0.05) is 38.6 Å². The lowest BCUT2D eigenvalue weighted by molar-refractivity contribution is -0.136. The third-order valence-electron chi connectivity index (χ3n) is 4.31. The Balaban J connectivity index is 1.75. The second kappa shape index (κ2) is 6.12. The SMILES string of the molecule is CN(C)Cc1cncc2c1CCN(C(=O)[C@H]1CCOC1)C2. The van der Waals surface area contributed by atoms with Gasteiger partial charge in [-0.2, -0.15) is 0 Å². The first-order chi connectivity index (χ1) is 10.1. The molecule has 1 aromatic heterocycles. The Labute approximate surface area is 125 Å². The standard InChI is InChI=1S/C16H23N3O2/c1-18(2)9-13-7-17-8-14-10-19(5-3-15(13)14)16(20)12-4-6-21-11-12/h7-8,12H,3-6,9-11H2,1-2H3/t12-/m0/s1. The van der Waals surface area contributed by atoms with Crippen molar-refractivity contribution in [2.45, 2.75) is 25.9 Å². The highest BCUT2D eigenvalue weighted by atomic mass is 16.5. The Hall–Kier alpha value is -1.46. The molecule has 2 aliphatic rings. The van der Waals surface area contributed by atoms with E-state index in [0.717, 1.165) is 32.5 Å². The Morgan fingerprint density at radius 3 is 3.05 bits per heavy atom. The summed E-state index contributed by atoms with van der Waals surface area (Å²) in [6.45, 7) is 3.71. The molecule has 1 atom stereocenters. The molecule has 0 radical (unpaired) electrons. The van der Waals surface area contributed by atoms with Crippen molar-refractivity contribution in [1.29, 1.82) is 0 Å². The molecule has 0 spiro atoms. The van der Waals surface area contributed by atoms with E-state index in [4.69, 9.17) is 4.74 Å². The molecule has 3 heterocycles. The minimum atomic E-state index is 0.0597. The highest BCUT2D eigenvalue weighted by Crippen LogP contribution is 2.25. The van der Waals surface area contributed by atoms with Crippen LogP contribution in [-0.2, 0) is 29.0 Å². The van der Waals surface area contributed by atoms with Gasteiger partial charge in [0.2, 0.25) is 5.91 Å². The van der Waals surface area contributed by atoms with Crippen LogP contribution in [-0.4, -0.2) is 54.5 Å². The van der Waals surface area contributed by atoms with E-state index in [1.807, 2.05) is 17.3 Å². The second-order valence-corrected chi connectivity index (χ2v) is 6.24. The van der Waals surface area contributed by atoms with E-state index >= 15 is 0 Å². The van der Waals surface area contributed by atoms with Gasteiger partial charge < -0.3 is 14.5 Å². The van der Waals surface area contributed by atoms with Crippen LogP contribution in [0.1, 0.15) is 23.1 Å². The number of carbonyl (C=O) groups is 1. The molecule has 1 fully saturated rings. The number of nitrogens with zero attached hydrogens (tertiary/aromatic N) is 3. The van der Waals surface area contributed by atoms with E-state index in [0.29, 0.717) is 13.2 Å². The fourth-order valence-corrected chi connectivity index (χ4v) is 3.22. The average Bonchev–Trinajstić information content (AvgIpc) is 3.00. The number of hydrogen-bond acceptors (Lipinski definition) is 4. The van der Waals surface area contributed by atoms with E-state index in [1.165, 1.54) is 16.7 Å². The van der Waals surface area contributed by atoms with Crippen molar-refractivity contribution in [1.82, 2.24) is 14.8 Å². The van der Waals surface area contributed by atoms with Crippen LogP contribution in [0, 0.1) is 5.92 Å². The third kappa shape index (κ3) is 3.09. The van der Waals surface area contributed by atoms with Gasteiger partial charge in [-0.05, 0) is 43.6 Å². The van der Waals surface area contributed by atoms with Gasteiger partial charge in [0.05, 0.1) is 12.5 Å². The zero-order valence-electron chi connectivity index (χ0n) is 12.8. The number of pyridine rings is 1. The van der Waals surface area contributed by atoms with E-state index < -0.39 is 0 Å². The fourth-order valence-electron chi connectivity index (χ4n) is 3.22. The molecule has 0 N–H and O–H groups in total. The minimum absolute atomic E-state index is 0.0597. The zero-order valence-corrected chi connectivity index (χ0v) is 12.8. The summed E-state index contributed by atoms with van der Waals surface area (Å²) in [5.41, 5.74) is 3.87. The van der Waals surface area contributed by atoms with Gasteiger partial charge in [0.1, 0.15) is 0 Å². The first kappa shape index (κ1) is 14.5.